The van der Waals surface area contributed by atoms with E-state index in [1.807, 2.05) is 12.1 Å². The summed E-state index contributed by atoms with van der Waals surface area (Å²) < 4.78 is 27.6. The summed E-state index contributed by atoms with van der Waals surface area (Å²) in [5, 5.41) is 9.97. The highest BCUT2D eigenvalue weighted by Gasteiger charge is 2.27. The van der Waals surface area contributed by atoms with Gasteiger partial charge in [-0.2, -0.15) is 5.21 Å². The van der Waals surface area contributed by atoms with Gasteiger partial charge in [-0.25, -0.2) is 8.42 Å². The number of hydrogen-bond donors (Lipinski definition) is 2. The molecule has 140 valence electrons. The second-order valence-electron chi connectivity index (χ2n) is 6.50. The van der Waals surface area contributed by atoms with Gasteiger partial charge in [-0.3, -0.25) is 9.52 Å². The minimum atomic E-state index is -3.86. The SMILES string of the molecule is CCC(C)c1ccc(S(=O)(=O)Nc2n[nH]nc2C(=O)N2CCCC2)cc1. The number of nitrogens with zero attached hydrogens (tertiary/aromatic N) is 3. The van der Waals surface area contributed by atoms with Crippen LogP contribution >= 0.6 is 0 Å². The van der Waals surface area contributed by atoms with Crippen molar-refractivity contribution < 1.29 is 13.2 Å². The molecule has 0 bridgehead atoms. The molecule has 3 rings (SSSR count). The maximum atomic E-state index is 12.6. The number of amides is 1. The highest BCUT2D eigenvalue weighted by Crippen LogP contribution is 2.23. The van der Waals surface area contributed by atoms with Gasteiger partial charge in [0.05, 0.1) is 4.90 Å². The van der Waals surface area contributed by atoms with Gasteiger partial charge in [-0.1, -0.05) is 26.0 Å². The number of likely N-dealkylation sites (tertiary alicyclic amines) is 1. The van der Waals surface area contributed by atoms with E-state index in [9.17, 15) is 13.2 Å². The number of nitrogens with one attached hydrogen (secondary N) is 2. The Bertz CT molecular complexity index is 870. The highest BCUT2D eigenvalue weighted by molar-refractivity contribution is 7.92. The Morgan fingerprint density at radius 3 is 2.50 bits per heavy atom. The molecule has 2 N–H and O–H groups in total. The van der Waals surface area contributed by atoms with Crippen LogP contribution in [0.4, 0.5) is 5.82 Å². The molecular weight excluding hydrogens is 354 g/mol. The number of aromatic amines is 1. The van der Waals surface area contributed by atoms with Gasteiger partial charge in [-0.15, -0.1) is 10.2 Å². The predicted octanol–water partition coefficient (Wildman–Crippen LogP) is 2.36. The smallest absolute Gasteiger partial charge is 0.278 e. The fourth-order valence-corrected chi connectivity index (χ4v) is 3.93. The molecule has 1 fully saturated rings. The average Bonchev–Trinajstić information content (AvgIpc) is 3.32. The minimum absolute atomic E-state index is 0.00768. The van der Waals surface area contributed by atoms with Gasteiger partial charge in [0.1, 0.15) is 0 Å². The lowest BCUT2D eigenvalue weighted by molar-refractivity contribution is 0.0788. The first-order chi connectivity index (χ1) is 12.4. The maximum absolute atomic E-state index is 12.6. The lowest BCUT2D eigenvalue weighted by Gasteiger charge is -2.14. The standard InChI is InChI=1S/C17H23N5O3S/c1-3-12(2)13-6-8-14(9-7-13)26(24,25)20-16-15(18-21-19-16)17(23)22-10-4-5-11-22/h6-9,12H,3-5,10-11H2,1-2H3,(H2,18,19,20,21). The van der Waals surface area contributed by atoms with Gasteiger partial charge in [0, 0.05) is 13.1 Å². The van der Waals surface area contributed by atoms with Gasteiger partial charge in [0.2, 0.25) is 0 Å². The Labute approximate surface area is 153 Å². The molecule has 0 saturated carbocycles. The summed E-state index contributed by atoms with van der Waals surface area (Å²) in [6.07, 6.45) is 2.85. The first-order valence-corrected chi connectivity index (χ1v) is 10.2. The predicted molar refractivity (Wildman–Crippen MR) is 97.5 cm³/mol. The van der Waals surface area contributed by atoms with Crippen molar-refractivity contribution in [3.05, 3.63) is 35.5 Å². The molecule has 1 aromatic heterocycles. The molecule has 1 aliphatic rings. The van der Waals surface area contributed by atoms with Crippen molar-refractivity contribution >= 4 is 21.7 Å². The Hall–Kier alpha value is -2.42. The van der Waals surface area contributed by atoms with Crippen LogP contribution in [0.25, 0.3) is 0 Å². The normalized spacial score (nSPS) is 15.8. The molecule has 2 heterocycles. The maximum Gasteiger partial charge on any atom is 0.278 e. The summed E-state index contributed by atoms with van der Waals surface area (Å²) in [4.78, 5) is 14.2. The molecule has 26 heavy (non-hydrogen) atoms. The van der Waals surface area contributed by atoms with Crippen molar-refractivity contribution in [3.8, 4) is 0 Å². The molecule has 2 aromatic rings. The molecule has 0 spiro atoms. The van der Waals surface area contributed by atoms with Gasteiger partial charge < -0.3 is 4.90 Å². The Morgan fingerprint density at radius 1 is 1.23 bits per heavy atom. The first-order valence-electron chi connectivity index (χ1n) is 8.75. The second-order valence-corrected chi connectivity index (χ2v) is 8.19. The quantitative estimate of drug-likeness (QED) is 0.803. The van der Waals surface area contributed by atoms with E-state index in [-0.39, 0.29) is 22.3 Å². The van der Waals surface area contributed by atoms with Crippen LogP contribution in [0.5, 0.6) is 0 Å². The van der Waals surface area contributed by atoms with Crippen LogP contribution in [0.15, 0.2) is 29.2 Å². The summed E-state index contributed by atoms with van der Waals surface area (Å²) in [6.45, 7) is 5.47. The zero-order valence-corrected chi connectivity index (χ0v) is 15.7. The zero-order valence-electron chi connectivity index (χ0n) is 14.9. The van der Waals surface area contributed by atoms with Gasteiger partial charge >= 0.3 is 0 Å². The van der Waals surface area contributed by atoms with E-state index in [0.717, 1.165) is 24.8 Å². The van der Waals surface area contributed by atoms with Crippen molar-refractivity contribution in [2.75, 3.05) is 17.8 Å². The van der Waals surface area contributed by atoms with Crippen LogP contribution in [0.2, 0.25) is 0 Å². The average molecular weight is 377 g/mol. The third-order valence-electron chi connectivity index (χ3n) is 4.75. The third-order valence-corrected chi connectivity index (χ3v) is 6.10. The van der Waals surface area contributed by atoms with Gasteiger partial charge in [0.25, 0.3) is 15.9 Å². The van der Waals surface area contributed by atoms with Crippen LogP contribution in [-0.2, 0) is 10.0 Å². The van der Waals surface area contributed by atoms with E-state index in [0.29, 0.717) is 19.0 Å². The topological polar surface area (TPSA) is 108 Å². The minimum Gasteiger partial charge on any atom is -0.337 e. The first kappa shape index (κ1) is 18.4. The fourth-order valence-electron chi connectivity index (χ4n) is 2.92. The molecule has 1 amide bonds. The number of hydrogen-bond acceptors (Lipinski definition) is 5. The van der Waals surface area contributed by atoms with Crippen molar-refractivity contribution in [3.63, 3.8) is 0 Å². The Kier molecular flexibility index (Phi) is 5.26. The Morgan fingerprint density at radius 2 is 1.88 bits per heavy atom. The highest BCUT2D eigenvalue weighted by atomic mass is 32.2. The lowest BCUT2D eigenvalue weighted by Crippen LogP contribution is -2.29. The number of rotatable bonds is 6. The van der Waals surface area contributed by atoms with Crippen molar-refractivity contribution in [1.82, 2.24) is 20.3 Å². The van der Waals surface area contributed by atoms with E-state index >= 15 is 0 Å². The van der Waals surface area contributed by atoms with Crippen LogP contribution in [-0.4, -0.2) is 47.7 Å². The fraction of sp³-hybridized carbons (Fsp3) is 0.471. The zero-order chi connectivity index (χ0) is 18.7. The van der Waals surface area contributed by atoms with Crippen LogP contribution in [0, 0.1) is 0 Å². The number of benzene rings is 1. The molecule has 1 aliphatic heterocycles. The summed E-state index contributed by atoms with van der Waals surface area (Å²) in [6, 6.07) is 6.74. The Balaban J connectivity index is 1.80. The molecule has 0 radical (unpaired) electrons. The molecule has 8 nitrogen and oxygen atoms in total. The van der Waals surface area contributed by atoms with Crippen molar-refractivity contribution in [1.29, 1.82) is 0 Å². The second kappa shape index (κ2) is 7.45. The summed E-state index contributed by atoms with van der Waals surface area (Å²) in [5.41, 5.74) is 1.07. The van der Waals surface area contributed by atoms with Gasteiger partial charge in [-0.05, 0) is 42.9 Å². The number of carbonyl (C=O) groups excluding carboxylic acids is 1. The molecule has 1 aromatic carbocycles. The van der Waals surface area contributed by atoms with Crippen LogP contribution in [0.3, 0.4) is 0 Å². The number of aromatic nitrogens is 3. The van der Waals surface area contributed by atoms with Crippen molar-refractivity contribution in [2.24, 2.45) is 0 Å². The van der Waals surface area contributed by atoms with Crippen molar-refractivity contribution in [2.45, 2.75) is 43.9 Å². The summed E-state index contributed by atoms with van der Waals surface area (Å²) >= 11 is 0. The molecule has 1 unspecified atom stereocenters. The monoisotopic (exact) mass is 377 g/mol. The molecule has 1 saturated heterocycles. The summed E-state index contributed by atoms with van der Waals surface area (Å²) in [7, 11) is -3.86. The number of carbonyl (C=O) groups is 1. The summed E-state index contributed by atoms with van der Waals surface area (Å²) in [5.74, 6) is -0.0334. The molecular formula is C17H23N5O3S. The largest absolute Gasteiger partial charge is 0.337 e. The van der Waals surface area contributed by atoms with Gasteiger partial charge in [0.15, 0.2) is 11.5 Å². The molecule has 0 aliphatic carbocycles. The van der Waals surface area contributed by atoms with Crippen LogP contribution in [0.1, 0.15) is 55.1 Å². The third kappa shape index (κ3) is 3.72. The number of anilines is 1. The van der Waals surface area contributed by atoms with Crippen LogP contribution < -0.4 is 4.72 Å². The van der Waals surface area contributed by atoms with E-state index in [1.165, 1.54) is 0 Å². The van der Waals surface area contributed by atoms with E-state index in [4.69, 9.17) is 0 Å². The lowest BCUT2D eigenvalue weighted by atomic mass is 9.99. The molecule has 1 atom stereocenters. The van der Waals surface area contributed by atoms with E-state index < -0.39 is 10.0 Å². The molecule has 9 heteroatoms. The van der Waals surface area contributed by atoms with E-state index in [1.54, 1.807) is 17.0 Å². The van der Waals surface area contributed by atoms with E-state index in [2.05, 4.69) is 34.0 Å². The number of H-pyrrole nitrogens is 1. The number of sulfonamides is 1.